The van der Waals surface area contributed by atoms with Gasteiger partial charge in [-0.1, -0.05) is 0 Å². The zero-order valence-electron chi connectivity index (χ0n) is 12.5. The minimum absolute atomic E-state index is 0.0471. The van der Waals surface area contributed by atoms with Gasteiger partial charge in [-0.15, -0.1) is 11.6 Å². The number of phenolic OH excluding ortho intramolecular Hbond substituents is 1. The molecule has 0 aromatic heterocycles. The van der Waals surface area contributed by atoms with Crippen LogP contribution in [-0.4, -0.2) is 29.5 Å². The number of halogens is 1. The highest BCUT2D eigenvalue weighted by molar-refractivity contribution is 6.32. The van der Waals surface area contributed by atoms with E-state index in [4.69, 9.17) is 11.6 Å². The van der Waals surface area contributed by atoms with Crippen LogP contribution in [0.3, 0.4) is 0 Å². The Morgan fingerprint density at radius 1 is 1.32 bits per heavy atom. The van der Waals surface area contributed by atoms with E-state index in [1.807, 2.05) is 6.07 Å². The summed E-state index contributed by atoms with van der Waals surface area (Å²) in [5, 5.41) is 11.8. The molecule has 2 rings (SSSR count). The summed E-state index contributed by atoms with van der Waals surface area (Å²) in [7, 11) is 1.29. The molecule has 0 spiro atoms. The smallest absolute Gasteiger partial charge is 0.305 e. The van der Waals surface area contributed by atoms with E-state index in [-0.39, 0.29) is 18.6 Å². The third-order valence-electron chi connectivity index (χ3n) is 3.83. The lowest BCUT2D eigenvalue weighted by molar-refractivity contribution is -0.140. The molecule has 1 atom stereocenters. The van der Waals surface area contributed by atoms with Crippen LogP contribution in [0.25, 0.3) is 0 Å². The van der Waals surface area contributed by atoms with E-state index in [0.29, 0.717) is 5.69 Å². The first-order valence-corrected chi connectivity index (χ1v) is 7.81. The minimum Gasteiger partial charge on any atom is -0.506 e. The van der Waals surface area contributed by atoms with Crippen LogP contribution in [0, 0.1) is 0 Å². The molecule has 0 radical (unpaired) electrons. The molecule has 6 heteroatoms. The summed E-state index contributed by atoms with van der Waals surface area (Å²) in [5.74, 6) is -0.794. The number of esters is 1. The van der Waals surface area contributed by atoms with Crippen LogP contribution >= 0.6 is 11.6 Å². The maximum absolute atomic E-state index is 12.0. The van der Waals surface area contributed by atoms with Gasteiger partial charge in [-0.25, -0.2) is 0 Å². The number of ether oxygens (including phenoxy) is 1. The summed E-state index contributed by atoms with van der Waals surface area (Å²) in [6, 6.07) is 3.52. The molecular weight excluding hydrogens is 306 g/mol. The first kappa shape index (κ1) is 16.6. The molecule has 1 amide bonds. The highest BCUT2D eigenvalue weighted by Crippen LogP contribution is 2.32. The van der Waals surface area contributed by atoms with Gasteiger partial charge in [0.1, 0.15) is 11.1 Å². The standard InChI is InChI=1S/C16H20ClNO4/c1-22-15(20)7-6-12(17)16(21)18-13-8-10-4-2-3-5-11(10)9-14(13)19/h8-9,12,19H,2-7H2,1H3,(H,18,21)/t12-/m1/s1. The summed E-state index contributed by atoms with van der Waals surface area (Å²) in [4.78, 5) is 23.1. The predicted molar refractivity (Wildman–Crippen MR) is 84.3 cm³/mol. The van der Waals surface area contributed by atoms with Crippen molar-refractivity contribution in [3.8, 4) is 5.75 Å². The fourth-order valence-corrected chi connectivity index (χ4v) is 2.73. The number of hydrogen-bond acceptors (Lipinski definition) is 4. The number of benzene rings is 1. The Morgan fingerprint density at radius 2 is 1.95 bits per heavy atom. The third-order valence-corrected chi connectivity index (χ3v) is 4.25. The van der Waals surface area contributed by atoms with Crippen molar-refractivity contribution in [3.63, 3.8) is 0 Å². The summed E-state index contributed by atoms with van der Waals surface area (Å²) in [6.45, 7) is 0. The fraction of sp³-hybridized carbons (Fsp3) is 0.500. The second-order valence-electron chi connectivity index (χ2n) is 5.42. The van der Waals surface area contributed by atoms with Crippen molar-refractivity contribution in [1.29, 1.82) is 0 Å². The quantitative estimate of drug-likeness (QED) is 0.496. The number of aryl methyl sites for hydroxylation is 2. The Morgan fingerprint density at radius 3 is 2.59 bits per heavy atom. The van der Waals surface area contributed by atoms with Crippen LogP contribution in [0.2, 0.25) is 0 Å². The van der Waals surface area contributed by atoms with Gasteiger partial charge in [0.25, 0.3) is 0 Å². The summed E-state index contributed by atoms with van der Waals surface area (Å²) >= 11 is 5.98. The van der Waals surface area contributed by atoms with Crippen LogP contribution in [-0.2, 0) is 27.2 Å². The molecule has 1 aromatic rings. The average molecular weight is 326 g/mol. The predicted octanol–water partition coefficient (Wildman–Crippen LogP) is 2.77. The highest BCUT2D eigenvalue weighted by atomic mass is 35.5. The minimum atomic E-state index is -0.852. The Kier molecular flexibility index (Phi) is 5.66. The van der Waals surface area contributed by atoms with E-state index in [2.05, 4.69) is 10.1 Å². The fourth-order valence-electron chi connectivity index (χ4n) is 2.56. The monoisotopic (exact) mass is 325 g/mol. The lowest BCUT2D eigenvalue weighted by Gasteiger charge is -2.18. The lowest BCUT2D eigenvalue weighted by atomic mass is 9.91. The summed E-state index contributed by atoms with van der Waals surface area (Å²) < 4.78 is 4.51. The molecule has 0 unspecified atom stereocenters. The first-order valence-electron chi connectivity index (χ1n) is 7.37. The number of phenols is 1. The van der Waals surface area contributed by atoms with Crippen molar-refractivity contribution >= 4 is 29.2 Å². The molecule has 1 aliphatic carbocycles. The number of carbonyl (C=O) groups excluding carboxylic acids is 2. The van der Waals surface area contributed by atoms with Crippen LogP contribution in [0.15, 0.2) is 12.1 Å². The van der Waals surface area contributed by atoms with E-state index in [0.717, 1.165) is 36.8 Å². The number of alkyl halides is 1. The maximum atomic E-state index is 12.0. The van der Waals surface area contributed by atoms with E-state index < -0.39 is 17.3 Å². The molecule has 2 N–H and O–H groups in total. The van der Waals surface area contributed by atoms with Crippen LogP contribution in [0.4, 0.5) is 5.69 Å². The molecule has 0 fully saturated rings. The van der Waals surface area contributed by atoms with Gasteiger partial charge >= 0.3 is 5.97 Å². The third kappa shape index (κ3) is 4.13. The second-order valence-corrected chi connectivity index (χ2v) is 5.94. The number of methoxy groups -OCH3 is 1. The van der Waals surface area contributed by atoms with E-state index in [9.17, 15) is 14.7 Å². The van der Waals surface area contributed by atoms with Crippen molar-refractivity contribution < 1.29 is 19.4 Å². The van der Waals surface area contributed by atoms with Crippen LogP contribution in [0.1, 0.15) is 36.8 Å². The van der Waals surface area contributed by atoms with Crippen molar-refractivity contribution in [2.75, 3.05) is 12.4 Å². The number of rotatable bonds is 5. The van der Waals surface area contributed by atoms with Crippen molar-refractivity contribution in [3.05, 3.63) is 23.3 Å². The topological polar surface area (TPSA) is 75.6 Å². The molecule has 1 aliphatic rings. The van der Waals surface area contributed by atoms with Crippen molar-refractivity contribution in [1.82, 2.24) is 0 Å². The Bertz CT molecular complexity index is 574. The Hall–Kier alpha value is -1.75. The molecule has 5 nitrogen and oxygen atoms in total. The second kappa shape index (κ2) is 7.49. The number of fused-ring (bicyclic) bond motifs is 1. The zero-order chi connectivity index (χ0) is 16.1. The Labute approximate surface area is 134 Å². The normalized spacial score (nSPS) is 14.8. The largest absolute Gasteiger partial charge is 0.506 e. The van der Waals surface area contributed by atoms with Crippen molar-refractivity contribution in [2.45, 2.75) is 43.9 Å². The number of carbonyl (C=O) groups is 2. The van der Waals surface area contributed by atoms with E-state index in [1.165, 1.54) is 7.11 Å². The maximum Gasteiger partial charge on any atom is 0.305 e. The van der Waals surface area contributed by atoms with Gasteiger partial charge < -0.3 is 15.2 Å². The first-order chi connectivity index (χ1) is 10.5. The van der Waals surface area contributed by atoms with Gasteiger partial charge in [0, 0.05) is 6.42 Å². The van der Waals surface area contributed by atoms with Crippen LogP contribution < -0.4 is 5.32 Å². The Balaban J connectivity index is 2.00. The summed E-state index contributed by atoms with van der Waals surface area (Å²) in [6.07, 6.45) is 4.40. The van der Waals surface area contributed by atoms with E-state index >= 15 is 0 Å². The molecule has 0 bridgehead atoms. The SMILES string of the molecule is COC(=O)CC[C@@H](Cl)C(=O)Nc1cc2c(cc1O)CCCC2. The molecule has 1 aromatic carbocycles. The molecule has 22 heavy (non-hydrogen) atoms. The number of aromatic hydroxyl groups is 1. The molecular formula is C16H20ClNO4. The number of amides is 1. The van der Waals surface area contributed by atoms with Gasteiger partial charge in [-0.05, 0) is 55.4 Å². The number of anilines is 1. The molecule has 120 valence electrons. The molecule has 0 saturated carbocycles. The highest BCUT2D eigenvalue weighted by Gasteiger charge is 2.20. The van der Waals surface area contributed by atoms with Gasteiger partial charge in [0.05, 0.1) is 12.8 Å². The van der Waals surface area contributed by atoms with Gasteiger partial charge in [0.2, 0.25) is 5.91 Å². The molecule has 0 aliphatic heterocycles. The van der Waals surface area contributed by atoms with Crippen LogP contribution in [0.5, 0.6) is 5.75 Å². The van der Waals surface area contributed by atoms with Gasteiger partial charge in [-0.2, -0.15) is 0 Å². The van der Waals surface area contributed by atoms with E-state index in [1.54, 1.807) is 6.07 Å². The molecule has 0 heterocycles. The average Bonchev–Trinajstić information content (AvgIpc) is 2.52. The van der Waals surface area contributed by atoms with Gasteiger partial charge in [-0.3, -0.25) is 9.59 Å². The summed E-state index contributed by atoms with van der Waals surface area (Å²) in [5.41, 5.74) is 2.66. The van der Waals surface area contributed by atoms with Crippen molar-refractivity contribution in [2.24, 2.45) is 0 Å². The number of hydrogen-bond donors (Lipinski definition) is 2. The van der Waals surface area contributed by atoms with Gasteiger partial charge in [0.15, 0.2) is 0 Å². The molecule has 0 saturated heterocycles. The lowest BCUT2D eigenvalue weighted by Crippen LogP contribution is -2.24. The number of nitrogens with one attached hydrogen (secondary N) is 1. The zero-order valence-corrected chi connectivity index (χ0v) is 13.3.